The van der Waals surface area contributed by atoms with E-state index in [1.165, 1.54) is 11.1 Å². The number of phenols is 1. The van der Waals surface area contributed by atoms with Gasteiger partial charge in [0.1, 0.15) is 5.75 Å². The van der Waals surface area contributed by atoms with Gasteiger partial charge in [0.25, 0.3) is 0 Å². The largest absolute Gasteiger partial charge is 0.508 e. The van der Waals surface area contributed by atoms with E-state index < -0.39 is 0 Å². The Morgan fingerprint density at radius 1 is 1.25 bits per heavy atom. The summed E-state index contributed by atoms with van der Waals surface area (Å²) < 4.78 is 0. The van der Waals surface area contributed by atoms with Crippen molar-refractivity contribution in [1.29, 1.82) is 0 Å². The first kappa shape index (κ1) is 11.0. The van der Waals surface area contributed by atoms with Gasteiger partial charge in [-0.25, -0.2) is 0 Å². The molecular formula is C11H18O. The van der Waals surface area contributed by atoms with E-state index in [0.29, 0.717) is 5.75 Å². The maximum atomic E-state index is 9.03. The molecule has 0 fully saturated rings. The molecule has 0 bridgehead atoms. The summed E-state index contributed by atoms with van der Waals surface area (Å²) in [5, 5.41) is 9.03. The summed E-state index contributed by atoms with van der Waals surface area (Å²) in [6.45, 7) is 8.12. The van der Waals surface area contributed by atoms with Crippen LogP contribution in [0.3, 0.4) is 0 Å². The third-order valence-electron chi connectivity index (χ3n) is 1.71. The topological polar surface area (TPSA) is 20.2 Å². The van der Waals surface area contributed by atoms with E-state index in [2.05, 4.69) is 6.92 Å². The van der Waals surface area contributed by atoms with Gasteiger partial charge in [0, 0.05) is 0 Å². The van der Waals surface area contributed by atoms with Crippen molar-refractivity contribution >= 4 is 0 Å². The quantitative estimate of drug-likeness (QED) is 0.678. The Kier molecular flexibility index (Phi) is 5.18. The third kappa shape index (κ3) is 2.95. The van der Waals surface area contributed by atoms with Crippen LogP contribution in [0.25, 0.3) is 0 Å². The molecule has 0 aliphatic heterocycles. The van der Waals surface area contributed by atoms with Crippen molar-refractivity contribution in [3.05, 3.63) is 29.3 Å². The first-order valence-electron chi connectivity index (χ1n) is 4.52. The van der Waals surface area contributed by atoms with Crippen LogP contribution in [0.5, 0.6) is 5.75 Å². The van der Waals surface area contributed by atoms with Crippen LogP contribution in [-0.4, -0.2) is 5.11 Å². The van der Waals surface area contributed by atoms with Crippen LogP contribution in [0.1, 0.15) is 31.9 Å². The van der Waals surface area contributed by atoms with E-state index in [1.54, 1.807) is 12.1 Å². The average molecular weight is 166 g/mol. The summed E-state index contributed by atoms with van der Waals surface area (Å²) in [6, 6.07) is 5.48. The summed E-state index contributed by atoms with van der Waals surface area (Å²) in [5.41, 5.74) is 2.47. The monoisotopic (exact) mass is 166 g/mol. The molecule has 0 amide bonds. The van der Waals surface area contributed by atoms with Gasteiger partial charge in [-0.2, -0.15) is 0 Å². The van der Waals surface area contributed by atoms with Gasteiger partial charge < -0.3 is 5.11 Å². The van der Waals surface area contributed by atoms with Gasteiger partial charge in [0.15, 0.2) is 0 Å². The lowest BCUT2D eigenvalue weighted by Crippen LogP contribution is -1.83. The lowest BCUT2D eigenvalue weighted by molar-refractivity contribution is 0.474. The predicted molar refractivity (Wildman–Crippen MR) is 53.6 cm³/mol. The minimum absolute atomic E-state index is 0.356. The lowest BCUT2D eigenvalue weighted by atomic mass is 10.1. The predicted octanol–water partition coefficient (Wildman–Crippen LogP) is 3.29. The summed E-state index contributed by atoms with van der Waals surface area (Å²) in [5.74, 6) is 0.356. The van der Waals surface area contributed by atoms with Gasteiger partial charge in [0.05, 0.1) is 0 Å². The first-order valence-corrected chi connectivity index (χ1v) is 4.52. The molecule has 0 radical (unpaired) electrons. The molecular weight excluding hydrogens is 148 g/mol. The van der Waals surface area contributed by atoms with Crippen LogP contribution in [-0.2, 0) is 6.42 Å². The molecule has 0 heterocycles. The Bertz CT molecular complexity index is 228. The molecule has 0 aromatic heterocycles. The number of phenolic OH excluding ortho intramolecular Hbond substituents is 1. The van der Waals surface area contributed by atoms with Gasteiger partial charge in [0.2, 0.25) is 0 Å². The normalized spacial score (nSPS) is 8.67. The Morgan fingerprint density at radius 3 is 2.25 bits per heavy atom. The zero-order chi connectivity index (χ0) is 9.56. The maximum absolute atomic E-state index is 9.03. The van der Waals surface area contributed by atoms with Crippen molar-refractivity contribution in [2.75, 3.05) is 0 Å². The molecule has 0 saturated heterocycles. The zero-order valence-corrected chi connectivity index (χ0v) is 8.39. The van der Waals surface area contributed by atoms with Crippen molar-refractivity contribution in [2.24, 2.45) is 0 Å². The molecule has 0 spiro atoms. The SMILES string of the molecule is CC.CCc1ccc(O)cc1C. The van der Waals surface area contributed by atoms with E-state index in [4.69, 9.17) is 5.11 Å². The highest BCUT2D eigenvalue weighted by molar-refractivity contribution is 5.33. The fourth-order valence-electron chi connectivity index (χ4n) is 1.08. The summed E-state index contributed by atoms with van der Waals surface area (Å²) in [6.07, 6.45) is 1.03. The van der Waals surface area contributed by atoms with Gasteiger partial charge in [-0.05, 0) is 36.6 Å². The number of hydrogen-bond donors (Lipinski definition) is 1. The minimum Gasteiger partial charge on any atom is -0.508 e. The van der Waals surface area contributed by atoms with Crippen molar-refractivity contribution < 1.29 is 5.11 Å². The van der Waals surface area contributed by atoms with Crippen LogP contribution in [0.4, 0.5) is 0 Å². The Balaban J connectivity index is 0.000000561. The molecule has 1 nitrogen and oxygen atoms in total. The maximum Gasteiger partial charge on any atom is 0.115 e. The lowest BCUT2D eigenvalue weighted by Gasteiger charge is -2.01. The zero-order valence-electron chi connectivity index (χ0n) is 8.39. The molecule has 1 N–H and O–H groups in total. The first-order chi connectivity index (χ1) is 5.74. The standard InChI is InChI=1S/C9H12O.C2H6/c1-3-8-4-5-9(10)6-7(8)2;1-2/h4-6,10H,3H2,1-2H3;1-2H3. The molecule has 0 atom stereocenters. The molecule has 1 aromatic carbocycles. The van der Waals surface area contributed by atoms with E-state index in [-0.39, 0.29) is 0 Å². The molecule has 0 aliphatic carbocycles. The van der Waals surface area contributed by atoms with Crippen LogP contribution in [0.2, 0.25) is 0 Å². The third-order valence-corrected chi connectivity index (χ3v) is 1.71. The highest BCUT2D eigenvalue weighted by Gasteiger charge is 1.94. The van der Waals surface area contributed by atoms with Crippen molar-refractivity contribution in [1.82, 2.24) is 0 Å². The second kappa shape index (κ2) is 5.64. The Labute approximate surface area is 75.1 Å². The smallest absolute Gasteiger partial charge is 0.115 e. The molecule has 0 aliphatic rings. The highest BCUT2D eigenvalue weighted by atomic mass is 16.3. The summed E-state index contributed by atoms with van der Waals surface area (Å²) in [4.78, 5) is 0. The molecule has 1 aromatic rings. The average Bonchev–Trinajstić information content (AvgIpc) is 2.08. The highest BCUT2D eigenvalue weighted by Crippen LogP contribution is 2.15. The number of benzene rings is 1. The molecule has 12 heavy (non-hydrogen) atoms. The second-order valence-corrected chi connectivity index (χ2v) is 2.46. The van der Waals surface area contributed by atoms with Crippen molar-refractivity contribution in [2.45, 2.75) is 34.1 Å². The van der Waals surface area contributed by atoms with Gasteiger partial charge in [-0.1, -0.05) is 26.8 Å². The van der Waals surface area contributed by atoms with Gasteiger partial charge in [-0.15, -0.1) is 0 Å². The van der Waals surface area contributed by atoms with E-state index in [9.17, 15) is 0 Å². The Morgan fingerprint density at radius 2 is 1.83 bits per heavy atom. The summed E-state index contributed by atoms with van der Waals surface area (Å²) in [7, 11) is 0. The van der Waals surface area contributed by atoms with Crippen molar-refractivity contribution in [3.63, 3.8) is 0 Å². The van der Waals surface area contributed by atoms with E-state index >= 15 is 0 Å². The van der Waals surface area contributed by atoms with Crippen LogP contribution in [0, 0.1) is 6.92 Å². The number of rotatable bonds is 1. The van der Waals surface area contributed by atoms with Crippen LogP contribution in [0.15, 0.2) is 18.2 Å². The number of aryl methyl sites for hydroxylation is 2. The van der Waals surface area contributed by atoms with Crippen molar-refractivity contribution in [3.8, 4) is 5.75 Å². The van der Waals surface area contributed by atoms with Gasteiger partial charge in [-0.3, -0.25) is 0 Å². The van der Waals surface area contributed by atoms with Crippen LogP contribution < -0.4 is 0 Å². The fourth-order valence-corrected chi connectivity index (χ4v) is 1.08. The number of hydrogen-bond acceptors (Lipinski definition) is 1. The van der Waals surface area contributed by atoms with Gasteiger partial charge >= 0.3 is 0 Å². The second-order valence-electron chi connectivity index (χ2n) is 2.46. The molecule has 68 valence electrons. The van der Waals surface area contributed by atoms with E-state index in [0.717, 1.165) is 6.42 Å². The molecule has 1 heteroatoms. The molecule has 0 unspecified atom stereocenters. The molecule has 0 saturated carbocycles. The Hall–Kier alpha value is -0.980. The minimum atomic E-state index is 0.356. The van der Waals surface area contributed by atoms with Crippen LogP contribution >= 0.6 is 0 Å². The number of aromatic hydroxyl groups is 1. The summed E-state index contributed by atoms with van der Waals surface area (Å²) >= 11 is 0. The molecule has 1 rings (SSSR count). The fraction of sp³-hybridized carbons (Fsp3) is 0.455. The van der Waals surface area contributed by atoms with E-state index in [1.807, 2.05) is 26.8 Å².